The Morgan fingerprint density at radius 2 is 1.89 bits per heavy atom. The van der Waals surface area contributed by atoms with Gasteiger partial charge in [-0.1, -0.05) is 59.8 Å². The van der Waals surface area contributed by atoms with Gasteiger partial charge in [-0.2, -0.15) is 0 Å². The lowest BCUT2D eigenvalue weighted by Gasteiger charge is -2.30. The number of nitrogens with one attached hydrogen (secondary N) is 1. The molecule has 0 aliphatic carbocycles. The molecule has 0 saturated carbocycles. The molecule has 35 heavy (non-hydrogen) atoms. The number of amides is 2. The topological polar surface area (TPSA) is 58.6 Å². The smallest absolute Gasteiger partial charge is 0.265 e. The number of thioether (sulfide) groups is 1. The minimum absolute atomic E-state index is 0.0650. The zero-order valence-corrected chi connectivity index (χ0v) is 21.1. The number of rotatable bonds is 9. The van der Waals surface area contributed by atoms with Crippen LogP contribution in [0.25, 0.3) is 6.08 Å². The number of nitrogens with zero attached hydrogens (tertiary/aromatic N) is 1. The summed E-state index contributed by atoms with van der Waals surface area (Å²) in [7, 11) is 0. The standard InChI is InChI=1S/C28H27ClN2O3S/c1-2-34-16-6-15-30-27(32)22-13-11-20(12-14-22)18-26-28(33)31(19-21-7-5-8-23(29)17-21)24-9-3-4-10-25(24)35-26/h3-5,7-14,17-18H,2,6,15-16,19H2,1H3,(H,30,32). The maximum atomic E-state index is 13.5. The number of fused-ring (bicyclic) bond motifs is 1. The Kier molecular flexibility index (Phi) is 8.64. The Hall–Kier alpha value is -3.06. The molecule has 1 aliphatic rings. The average Bonchev–Trinajstić information content (AvgIpc) is 2.87. The second-order valence-electron chi connectivity index (χ2n) is 8.03. The lowest BCUT2D eigenvalue weighted by Crippen LogP contribution is -2.33. The molecular formula is C28H27ClN2O3S. The van der Waals surface area contributed by atoms with Crippen molar-refractivity contribution in [2.24, 2.45) is 0 Å². The van der Waals surface area contributed by atoms with Gasteiger partial charge in [0.2, 0.25) is 0 Å². The summed E-state index contributed by atoms with van der Waals surface area (Å²) in [6.07, 6.45) is 2.65. The molecule has 0 fully saturated rings. The van der Waals surface area contributed by atoms with Crippen molar-refractivity contribution in [1.29, 1.82) is 0 Å². The lowest BCUT2D eigenvalue weighted by atomic mass is 10.1. The van der Waals surface area contributed by atoms with Crippen molar-refractivity contribution < 1.29 is 14.3 Å². The molecule has 1 aliphatic heterocycles. The number of ether oxygens (including phenoxy) is 1. The van der Waals surface area contributed by atoms with Gasteiger partial charge in [-0.15, -0.1) is 0 Å². The van der Waals surface area contributed by atoms with Crippen LogP contribution in [0.3, 0.4) is 0 Å². The zero-order valence-electron chi connectivity index (χ0n) is 19.5. The quantitative estimate of drug-likeness (QED) is 0.278. The van der Waals surface area contributed by atoms with E-state index in [2.05, 4.69) is 5.32 Å². The van der Waals surface area contributed by atoms with E-state index in [0.29, 0.717) is 41.8 Å². The number of anilines is 1. The van der Waals surface area contributed by atoms with Gasteiger partial charge in [0.25, 0.3) is 11.8 Å². The van der Waals surface area contributed by atoms with Gasteiger partial charge in [0.1, 0.15) is 0 Å². The summed E-state index contributed by atoms with van der Waals surface area (Å²) in [4.78, 5) is 29.3. The van der Waals surface area contributed by atoms with Crippen LogP contribution in [0.1, 0.15) is 34.8 Å². The fourth-order valence-electron chi connectivity index (χ4n) is 3.74. The van der Waals surface area contributed by atoms with Crippen molar-refractivity contribution >= 4 is 46.9 Å². The minimum atomic E-state index is -0.120. The van der Waals surface area contributed by atoms with Crippen molar-refractivity contribution in [3.05, 3.63) is 99.4 Å². The summed E-state index contributed by atoms with van der Waals surface area (Å²) in [6, 6.07) is 22.7. The summed E-state index contributed by atoms with van der Waals surface area (Å²) in [5.74, 6) is -0.185. The highest BCUT2D eigenvalue weighted by molar-refractivity contribution is 8.04. The first-order chi connectivity index (χ1) is 17.0. The fourth-order valence-corrected chi connectivity index (χ4v) is 5.01. The molecule has 3 aromatic rings. The van der Waals surface area contributed by atoms with Crippen LogP contribution < -0.4 is 10.2 Å². The molecule has 0 saturated heterocycles. The second kappa shape index (κ2) is 12.1. The average molecular weight is 507 g/mol. The normalized spacial score (nSPS) is 14.2. The Balaban J connectivity index is 1.50. The van der Waals surface area contributed by atoms with E-state index in [-0.39, 0.29) is 11.8 Å². The largest absolute Gasteiger partial charge is 0.382 e. The Labute approximate surface area is 215 Å². The zero-order chi connectivity index (χ0) is 24.6. The van der Waals surface area contributed by atoms with Crippen LogP contribution in [0.5, 0.6) is 0 Å². The van der Waals surface area contributed by atoms with Gasteiger partial charge in [-0.05, 0) is 66.9 Å². The van der Waals surface area contributed by atoms with Crippen LogP contribution in [-0.2, 0) is 16.1 Å². The van der Waals surface area contributed by atoms with Crippen molar-refractivity contribution in [2.75, 3.05) is 24.7 Å². The monoisotopic (exact) mass is 506 g/mol. The van der Waals surface area contributed by atoms with E-state index < -0.39 is 0 Å². The van der Waals surface area contributed by atoms with Crippen molar-refractivity contribution in [3.8, 4) is 0 Å². The fraction of sp³-hybridized carbons (Fsp3) is 0.214. The molecule has 4 rings (SSSR count). The maximum absolute atomic E-state index is 13.5. The second-order valence-corrected chi connectivity index (χ2v) is 9.55. The number of hydrogen-bond acceptors (Lipinski definition) is 4. The first kappa shape index (κ1) is 25.0. The molecule has 0 atom stereocenters. The van der Waals surface area contributed by atoms with Gasteiger partial charge in [-0.25, -0.2) is 0 Å². The van der Waals surface area contributed by atoms with E-state index in [0.717, 1.165) is 28.1 Å². The van der Waals surface area contributed by atoms with Crippen LogP contribution in [0, 0.1) is 0 Å². The number of benzene rings is 3. The van der Waals surface area contributed by atoms with Crippen LogP contribution in [0.4, 0.5) is 5.69 Å². The SMILES string of the molecule is CCOCCCNC(=O)c1ccc(C=C2Sc3ccccc3N(Cc3cccc(Cl)c3)C2=O)cc1. The molecule has 0 spiro atoms. The molecule has 0 aromatic heterocycles. The van der Waals surface area contributed by atoms with Gasteiger partial charge in [0.15, 0.2) is 0 Å². The third kappa shape index (κ3) is 6.54. The molecule has 5 nitrogen and oxygen atoms in total. The van der Waals surface area contributed by atoms with E-state index >= 15 is 0 Å². The number of hydrogen-bond donors (Lipinski definition) is 1. The summed E-state index contributed by atoms with van der Waals surface area (Å²) in [5, 5.41) is 3.54. The highest BCUT2D eigenvalue weighted by atomic mass is 35.5. The van der Waals surface area contributed by atoms with Crippen molar-refractivity contribution in [1.82, 2.24) is 5.32 Å². The predicted octanol–water partition coefficient (Wildman–Crippen LogP) is 6.18. The van der Waals surface area contributed by atoms with Crippen LogP contribution in [0.2, 0.25) is 5.02 Å². The number of carbonyl (C=O) groups is 2. The van der Waals surface area contributed by atoms with Gasteiger partial charge in [-0.3, -0.25) is 9.59 Å². The third-order valence-electron chi connectivity index (χ3n) is 5.49. The molecule has 1 heterocycles. The highest BCUT2D eigenvalue weighted by Crippen LogP contribution is 2.42. The molecule has 7 heteroatoms. The third-order valence-corrected chi connectivity index (χ3v) is 6.80. The number of carbonyl (C=O) groups excluding carboxylic acids is 2. The van der Waals surface area contributed by atoms with Crippen LogP contribution in [0.15, 0.2) is 82.6 Å². The summed E-state index contributed by atoms with van der Waals surface area (Å²) >= 11 is 7.62. The molecule has 2 amide bonds. The van der Waals surface area contributed by atoms with Crippen molar-refractivity contribution in [2.45, 2.75) is 24.8 Å². The van der Waals surface area contributed by atoms with Gasteiger partial charge in [0, 0.05) is 35.2 Å². The van der Waals surface area contributed by atoms with Gasteiger partial charge < -0.3 is 15.0 Å². The molecule has 180 valence electrons. The van der Waals surface area contributed by atoms with E-state index in [4.69, 9.17) is 16.3 Å². The van der Waals surface area contributed by atoms with E-state index in [1.165, 1.54) is 11.8 Å². The Bertz CT molecular complexity index is 1230. The first-order valence-electron chi connectivity index (χ1n) is 11.6. The Morgan fingerprint density at radius 3 is 2.66 bits per heavy atom. The first-order valence-corrected chi connectivity index (χ1v) is 12.8. The molecule has 0 unspecified atom stereocenters. The van der Waals surface area contributed by atoms with Crippen LogP contribution in [-0.4, -0.2) is 31.6 Å². The van der Waals surface area contributed by atoms with E-state index in [1.54, 1.807) is 17.0 Å². The van der Waals surface area contributed by atoms with Gasteiger partial charge in [0.05, 0.1) is 17.1 Å². The van der Waals surface area contributed by atoms with Crippen LogP contribution >= 0.6 is 23.4 Å². The Morgan fingerprint density at radius 1 is 1.09 bits per heavy atom. The predicted molar refractivity (Wildman–Crippen MR) is 143 cm³/mol. The molecular weight excluding hydrogens is 480 g/mol. The maximum Gasteiger partial charge on any atom is 0.265 e. The minimum Gasteiger partial charge on any atom is -0.382 e. The van der Waals surface area contributed by atoms with E-state index in [1.807, 2.05) is 73.7 Å². The summed E-state index contributed by atoms with van der Waals surface area (Å²) in [5.41, 5.74) is 3.29. The number of para-hydroxylation sites is 1. The summed E-state index contributed by atoms with van der Waals surface area (Å²) in [6.45, 7) is 4.25. The molecule has 3 aromatic carbocycles. The summed E-state index contributed by atoms with van der Waals surface area (Å²) < 4.78 is 5.29. The number of halogens is 1. The van der Waals surface area contributed by atoms with Crippen molar-refractivity contribution in [3.63, 3.8) is 0 Å². The lowest BCUT2D eigenvalue weighted by molar-refractivity contribution is -0.114. The highest BCUT2D eigenvalue weighted by Gasteiger charge is 2.29. The molecule has 0 radical (unpaired) electrons. The molecule has 0 bridgehead atoms. The van der Waals surface area contributed by atoms with Gasteiger partial charge >= 0.3 is 0 Å². The van der Waals surface area contributed by atoms with E-state index in [9.17, 15) is 9.59 Å². The molecule has 1 N–H and O–H groups in total.